The van der Waals surface area contributed by atoms with Gasteiger partial charge in [0.05, 0.1) is 7.11 Å². The maximum Gasteiger partial charge on any atom is 0.363 e. The van der Waals surface area contributed by atoms with E-state index in [2.05, 4.69) is 4.74 Å². The van der Waals surface area contributed by atoms with Gasteiger partial charge in [-0.15, -0.1) is 0 Å². The standard InChI is InChI=1S/C4H9O3P/c1-7-4(5)8(2,3)6/h1-3H3. The summed E-state index contributed by atoms with van der Waals surface area (Å²) in [6, 6.07) is 0. The van der Waals surface area contributed by atoms with Gasteiger partial charge in [-0.25, -0.2) is 4.79 Å². The van der Waals surface area contributed by atoms with Crippen molar-refractivity contribution in [2.45, 2.75) is 0 Å². The van der Waals surface area contributed by atoms with Gasteiger partial charge in [-0.3, -0.25) is 0 Å². The Balaban J connectivity index is 4.04. The Morgan fingerprint density at radius 3 is 1.88 bits per heavy atom. The second-order valence-corrected chi connectivity index (χ2v) is 4.89. The summed E-state index contributed by atoms with van der Waals surface area (Å²) in [5.41, 5.74) is -0.613. The number of hydrogen-bond acceptors (Lipinski definition) is 3. The second kappa shape index (κ2) is 2.31. The number of carbonyl (C=O) groups excluding carboxylic acids is 1. The predicted molar refractivity (Wildman–Crippen MR) is 31.9 cm³/mol. The highest BCUT2D eigenvalue weighted by molar-refractivity contribution is 7.78. The van der Waals surface area contributed by atoms with Gasteiger partial charge in [0, 0.05) is 0 Å². The van der Waals surface area contributed by atoms with Gasteiger partial charge in [-0.1, -0.05) is 0 Å². The van der Waals surface area contributed by atoms with Crippen molar-refractivity contribution in [1.29, 1.82) is 0 Å². The molecule has 0 aliphatic carbocycles. The van der Waals surface area contributed by atoms with E-state index in [1.165, 1.54) is 20.4 Å². The van der Waals surface area contributed by atoms with Crippen LogP contribution in [0.3, 0.4) is 0 Å². The van der Waals surface area contributed by atoms with E-state index in [-0.39, 0.29) is 0 Å². The second-order valence-electron chi connectivity index (χ2n) is 1.82. The average molecular weight is 136 g/mol. The molecule has 0 radical (unpaired) electrons. The van der Waals surface area contributed by atoms with Gasteiger partial charge in [0.2, 0.25) is 0 Å². The molecule has 0 spiro atoms. The molecule has 0 atom stereocenters. The molecule has 0 saturated carbocycles. The third-order valence-corrected chi connectivity index (χ3v) is 1.68. The van der Waals surface area contributed by atoms with E-state index in [9.17, 15) is 9.36 Å². The molecule has 0 bridgehead atoms. The molecule has 0 aromatic heterocycles. The van der Waals surface area contributed by atoms with Gasteiger partial charge in [-0.05, 0) is 13.3 Å². The molecule has 0 fully saturated rings. The van der Waals surface area contributed by atoms with Crippen molar-refractivity contribution in [2.75, 3.05) is 20.4 Å². The highest BCUT2D eigenvalue weighted by Crippen LogP contribution is 2.37. The minimum Gasteiger partial charge on any atom is -0.464 e. The molecule has 0 unspecified atom stereocenters. The van der Waals surface area contributed by atoms with Crippen LogP contribution in [0, 0.1) is 0 Å². The SMILES string of the molecule is COC(=O)P(C)(C)=O. The Morgan fingerprint density at radius 2 is 1.88 bits per heavy atom. The predicted octanol–water partition coefficient (Wildman–Crippen LogP) is 1.38. The molecule has 0 aromatic rings. The summed E-state index contributed by atoms with van der Waals surface area (Å²) in [6.07, 6.45) is 0. The number of rotatable bonds is 1. The Morgan fingerprint density at radius 1 is 1.50 bits per heavy atom. The summed E-state index contributed by atoms with van der Waals surface area (Å²) in [6.45, 7) is 2.75. The van der Waals surface area contributed by atoms with E-state index in [4.69, 9.17) is 0 Å². The van der Waals surface area contributed by atoms with Crippen LogP contribution in [0.4, 0.5) is 4.79 Å². The average Bonchev–Trinajstić information content (AvgIpc) is 1.62. The van der Waals surface area contributed by atoms with Crippen molar-refractivity contribution in [2.24, 2.45) is 0 Å². The first kappa shape index (κ1) is 7.70. The van der Waals surface area contributed by atoms with Gasteiger partial charge >= 0.3 is 5.71 Å². The highest BCUT2D eigenvalue weighted by atomic mass is 31.2. The first-order chi connectivity index (χ1) is 3.48. The van der Waals surface area contributed by atoms with Crippen LogP contribution >= 0.6 is 7.14 Å². The molecule has 0 amide bonds. The van der Waals surface area contributed by atoms with Crippen molar-refractivity contribution in [3.63, 3.8) is 0 Å². The lowest BCUT2D eigenvalue weighted by Gasteiger charge is -2.00. The maximum absolute atomic E-state index is 10.7. The van der Waals surface area contributed by atoms with Crippen LogP contribution in [0.2, 0.25) is 0 Å². The monoisotopic (exact) mass is 136 g/mol. The summed E-state index contributed by atoms with van der Waals surface area (Å²) < 4.78 is 14.9. The molecule has 0 rings (SSSR count). The lowest BCUT2D eigenvalue weighted by Crippen LogP contribution is -1.95. The molecule has 0 heterocycles. The van der Waals surface area contributed by atoms with Crippen molar-refractivity contribution in [3.8, 4) is 0 Å². The smallest absolute Gasteiger partial charge is 0.363 e. The Kier molecular flexibility index (Phi) is 2.23. The van der Waals surface area contributed by atoms with Crippen LogP contribution in [0.25, 0.3) is 0 Å². The molecule has 0 aliphatic rings. The summed E-state index contributed by atoms with van der Waals surface area (Å²) in [7, 11) is -1.39. The summed E-state index contributed by atoms with van der Waals surface area (Å²) >= 11 is 0. The van der Waals surface area contributed by atoms with E-state index < -0.39 is 12.9 Å². The van der Waals surface area contributed by atoms with Gasteiger partial charge in [-0.2, -0.15) is 0 Å². The highest BCUT2D eigenvalue weighted by Gasteiger charge is 2.18. The number of ether oxygens (including phenoxy) is 1. The van der Waals surface area contributed by atoms with Crippen LogP contribution in [-0.4, -0.2) is 26.1 Å². The fourth-order valence-electron chi connectivity index (χ4n) is 0.220. The lowest BCUT2D eigenvalue weighted by atomic mass is 11.5. The molecule has 0 aliphatic heterocycles. The normalized spacial score (nSPS) is 10.9. The third kappa shape index (κ3) is 2.12. The molecule has 4 heteroatoms. The Labute approximate surface area is 48.4 Å². The fraction of sp³-hybridized carbons (Fsp3) is 0.750. The van der Waals surface area contributed by atoms with E-state index in [0.29, 0.717) is 0 Å². The van der Waals surface area contributed by atoms with E-state index in [0.717, 1.165) is 0 Å². The summed E-state index contributed by atoms with van der Waals surface area (Å²) in [4.78, 5) is 10.3. The van der Waals surface area contributed by atoms with Gasteiger partial charge in [0.1, 0.15) is 0 Å². The van der Waals surface area contributed by atoms with Crippen LogP contribution in [0.1, 0.15) is 0 Å². The molecular formula is C4H9O3P. The lowest BCUT2D eigenvalue weighted by molar-refractivity contribution is 0.197. The van der Waals surface area contributed by atoms with Crippen molar-refractivity contribution in [1.82, 2.24) is 0 Å². The van der Waals surface area contributed by atoms with Crippen LogP contribution in [0.5, 0.6) is 0 Å². The van der Waals surface area contributed by atoms with Gasteiger partial charge < -0.3 is 9.30 Å². The Hall–Kier alpha value is -0.300. The van der Waals surface area contributed by atoms with Gasteiger partial charge in [0.25, 0.3) is 0 Å². The zero-order chi connectivity index (χ0) is 6.78. The number of carbonyl (C=O) groups is 1. The van der Waals surface area contributed by atoms with E-state index in [1.54, 1.807) is 0 Å². The van der Waals surface area contributed by atoms with E-state index in [1.807, 2.05) is 0 Å². The zero-order valence-corrected chi connectivity index (χ0v) is 6.07. The van der Waals surface area contributed by atoms with Crippen LogP contribution < -0.4 is 0 Å². The minimum atomic E-state index is -2.62. The molecule has 0 N–H and O–H groups in total. The van der Waals surface area contributed by atoms with Crippen molar-refractivity contribution >= 4 is 12.9 Å². The molecular weight excluding hydrogens is 127 g/mol. The molecule has 3 nitrogen and oxygen atoms in total. The maximum atomic E-state index is 10.7. The first-order valence-corrected chi connectivity index (χ1v) is 4.72. The number of hydrogen-bond donors (Lipinski definition) is 0. The fourth-order valence-corrected chi connectivity index (χ4v) is 0.660. The molecule has 48 valence electrons. The largest absolute Gasteiger partial charge is 0.464 e. The Bertz CT molecular complexity index is 134. The summed E-state index contributed by atoms with van der Waals surface area (Å²) in [5, 5.41) is 0. The quantitative estimate of drug-likeness (QED) is 0.511. The first-order valence-electron chi connectivity index (χ1n) is 2.12. The topological polar surface area (TPSA) is 43.4 Å². The van der Waals surface area contributed by atoms with E-state index >= 15 is 0 Å². The molecule has 8 heavy (non-hydrogen) atoms. The summed E-state index contributed by atoms with van der Waals surface area (Å²) in [5.74, 6) is 0. The third-order valence-electron chi connectivity index (χ3n) is 0.614. The molecule has 0 aromatic carbocycles. The van der Waals surface area contributed by atoms with Crippen molar-refractivity contribution in [3.05, 3.63) is 0 Å². The van der Waals surface area contributed by atoms with Crippen LogP contribution in [-0.2, 0) is 9.30 Å². The zero-order valence-electron chi connectivity index (χ0n) is 5.17. The van der Waals surface area contributed by atoms with Crippen LogP contribution in [0.15, 0.2) is 0 Å². The molecule has 0 saturated heterocycles. The van der Waals surface area contributed by atoms with Crippen molar-refractivity contribution < 1.29 is 14.1 Å². The number of methoxy groups -OCH3 is 1. The van der Waals surface area contributed by atoms with Gasteiger partial charge in [0.15, 0.2) is 7.14 Å². The minimum absolute atomic E-state index is 0.613.